The normalized spacial score (nSPS) is 10.2. The fourth-order valence-corrected chi connectivity index (χ4v) is 2.09. The van der Waals surface area contributed by atoms with Gasteiger partial charge in [0.2, 0.25) is 0 Å². The molecule has 6 heteroatoms. The van der Waals surface area contributed by atoms with Crippen molar-refractivity contribution in [1.82, 2.24) is 0 Å². The number of halogens is 2. The number of esters is 1. The Balaban J connectivity index is 2.30. The summed E-state index contributed by atoms with van der Waals surface area (Å²) >= 11 is 11.8. The van der Waals surface area contributed by atoms with Gasteiger partial charge in [0, 0.05) is 5.69 Å². The van der Waals surface area contributed by atoms with Gasteiger partial charge in [0.15, 0.2) is 0 Å². The van der Waals surface area contributed by atoms with Crippen LogP contribution in [-0.4, -0.2) is 12.6 Å². The van der Waals surface area contributed by atoms with Crippen LogP contribution in [0.15, 0.2) is 36.4 Å². The number of hydrogen-bond donors (Lipinski definition) is 2. The lowest BCUT2D eigenvalue weighted by Crippen LogP contribution is -2.09. The molecule has 0 bridgehead atoms. The minimum Gasteiger partial charge on any atom is -0.462 e. The molecule has 0 amide bonds. The highest BCUT2D eigenvalue weighted by atomic mass is 35.5. The third-order valence-electron chi connectivity index (χ3n) is 2.80. The minimum atomic E-state index is -0.451. The number of nitrogens with one attached hydrogen (secondary N) is 1. The Bertz CT molecular complexity index is 675. The maximum Gasteiger partial charge on any atom is 0.340 e. The summed E-state index contributed by atoms with van der Waals surface area (Å²) in [5, 5.41) is 4.00. The first-order valence-electron chi connectivity index (χ1n) is 6.30. The van der Waals surface area contributed by atoms with E-state index in [1.807, 2.05) is 0 Å². The molecule has 0 radical (unpaired) electrons. The predicted octanol–water partition coefficient (Wildman–Crippen LogP) is 4.50. The monoisotopic (exact) mass is 324 g/mol. The Hall–Kier alpha value is -1.91. The number of nitrogen functional groups attached to an aromatic ring is 1. The van der Waals surface area contributed by atoms with E-state index in [-0.39, 0.29) is 0 Å². The van der Waals surface area contributed by atoms with Gasteiger partial charge in [-0.3, -0.25) is 0 Å². The van der Waals surface area contributed by atoms with Crippen LogP contribution in [-0.2, 0) is 4.74 Å². The molecule has 2 aromatic carbocycles. The number of para-hydroxylation sites is 1. The lowest BCUT2D eigenvalue weighted by molar-refractivity contribution is 0.0527. The van der Waals surface area contributed by atoms with E-state index in [4.69, 9.17) is 33.7 Å². The molecular formula is C15H14Cl2N2O2. The fourth-order valence-electron chi connectivity index (χ4n) is 1.79. The van der Waals surface area contributed by atoms with Crippen molar-refractivity contribution in [3.05, 3.63) is 52.0 Å². The van der Waals surface area contributed by atoms with Crippen LogP contribution in [0.25, 0.3) is 0 Å². The Labute approximate surface area is 132 Å². The van der Waals surface area contributed by atoms with Crippen LogP contribution in [0.3, 0.4) is 0 Å². The molecule has 0 spiro atoms. The van der Waals surface area contributed by atoms with Gasteiger partial charge in [0.05, 0.1) is 33.6 Å². The topological polar surface area (TPSA) is 64.3 Å². The molecule has 0 aliphatic carbocycles. The highest BCUT2D eigenvalue weighted by molar-refractivity contribution is 6.42. The van der Waals surface area contributed by atoms with Crippen molar-refractivity contribution in [2.45, 2.75) is 6.92 Å². The average molecular weight is 325 g/mol. The zero-order valence-electron chi connectivity index (χ0n) is 11.3. The zero-order valence-corrected chi connectivity index (χ0v) is 12.8. The number of carbonyl (C=O) groups is 1. The first-order valence-corrected chi connectivity index (χ1v) is 7.06. The number of rotatable bonds is 4. The molecule has 0 aliphatic rings. The number of ether oxygens (including phenoxy) is 1. The number of anilines is 3. The highest BCUT2D eigenvalue weighted by Crippen LogP contribution is 2.30. The lowest BCUT2D eigenvalue weighted by atomic mass is 10.1. The maximum atomic E-state index is 11.8. The van der Waals surface area contributed by atoms with E-state index in [1.165, 1.54) is 0 Å². The second-order valence-electron chi connectivity index (χ2n) is 4.24. The molecule has 0 heterocycles. The van der Waals surface area contributed by atoms with Crippen molar-refractivity contribution in [2.24, 2.45) is 0 Å². The van der Waals surface area contributed by atoms with E-state index in [0.717, 1.165) is 5.69 Å². The molecule has 4 nitrogen and oxygen atoms in total. The van der Waals surface area contributed by atoms with Crippen molar-refractivity contribution in [3.8, 4) is 0 Å². The average Bonchev–Trinajstić information content (AvgIpc) is 2.45. The van der Waals surface area contributed by atoms with Crippen molar-refractivity contribution >= 4 is 46.2 Å². The number of hydrogen-bond acceptors (Lipinski definition) is 4. The van der Waals surface area contributed by atoms with Crippen LogP contribution in [0.4, 0.5) is 17.1 Å². The second kappa shape index (κ2) is 6.70. The smallest absolute Gasteiger partial charge is 0.340 e. The van der Waals surface area contributed by atoms with Gasteiger partial charge in [-0.25, -0.2) is 4.79 Å². The van der Waals surface area contributed by atoms with Crippen molar-refractivity contribution in [2.75, 3.05) is 17.7 Å². The van der Waals surface area contributed by atoms with Crippen LogP contribution in [0.2, 0.25) is 10.0 Å². The molecule has 21 heavy (non-hydrogen) atoms. The second-order valence-corrected chi connectivity index (χ2v) is 5.06. The van der Waals surface area contributed by atoms with E-state index in [9.17, 15) is 4.79 Å². The number of carbonyl (C=O) groups excluding carboxylic acids is 1. The van der Waals surface area contributed by atoms with Gasteiger partial charge in [-0.2, -0.15) is 0 Å². The van der Waals surface area contributed by atoms with Crippen molar-refractivity contribution < 1.29 is 9.53 Å². The summed E-state index contributed by atoms with van der Waals surface area (Å²) < 4.78 is 4.96. The SMILES string of the molecule is CCOC(=O)c1cccc(Nc2ccc(Cl)c(Cl)c2)c1N. The summed E-state index contributed by atoms with van der Waals surface area (Å²) in [6.07, 6.45) is 0. The van der Waals surface area contributed by atoms with E-state index >= 15 is 0 Å². The molecule has 0 fully saturated rings. The number of benzene rings is 2. The van der Waals surface area contributed by atoms with E-state index in [2.05, 4.69) is 5.32 Å². The molecule has 2 rings (SSSR count). The van der Waals surface area contributed by atoms with Crippen molar-refractivity contribution in [3.63, 3.8) is 0 Å². The third-order valence-corrected chi connectivity index (χ3v) is 3.54. The molecule has 0 saturated heterocycles. The van der Waals surface area contributed by atoms with Crippen molar-refractivity contribution in [1.29, 1.82) is 0 Å². The van der Waals surface area contributed by atoms with Gasteiger partial charge < -0.3 is 15.8 Å². The molecule has 0 aliphatic heterocycles. The van der Waals surface area contributed by atoms with Crippen LogP contribution in [0.1, 0.15) is 17.3 Å². The standard InChI is InChI=1S/C15H14Cl2N2O2/c1-2-21-15(20)10-4-3-5-13(14(10)18)19-9-6-7-11(16)12(17)8-9/h3-8,19H,2,18H2,1H3. The largest absolute Gasteiger partial charge is 0.462 e. The maximum absolute atomic E-state index is 11.8. The van der Waals surface area contributed by atoms with Gasteiger partial charge in [-0.1, -0.05) is 29.3 Å². The third kappa shape index (κ3) is 3.60. The summed E-state index contributed by atoms with van der Waals surface area (Å²) in [5.74, 6) is -0.451. The minimum absolute atomic E-state index is 0.294. The summed E-state index contributed by atoms with van der Waals surface area (Å²) in [6, 6.07) is 10.2. The summed E-state index contributed by atoms with van der Waals surface area (Å²) in [4.78, 5) is 11.8. The van der Waals surface area contributed by atoms with Crippen LogP contribution in [0.5, 0.6) is 0 Å². The predicted molar refractivity (Wildman–Crippen MR) is 86.6 cm³/mol. The summed E-state index contributed by atoms with van der Waals surface area (Å²) in [5.41, 5.74) is 7.97. The molecule has 3 N–H and O–H groups in total. The van der Waals surface area contributed by atoms with E-state index in [0.29, 0.717) is 33.6 Å². The van der Waals surface area contributed by atoms with Crippen LogP contribution in [0, 0.1) is 0 Å². The lowest BCUT2D eigenvalue weighted by Gasteiger charge is -2.13. The van der Waals surface area contributed by atoms with Gasteiger partial charge >= 0.3 is 5.97 Å². The first-order chi connectivity index (χ1) is 10.0. The Morgan fingerprint density at radius 2 is 2.00 bits per heavy atom. The molecule has 110 valence electrons. The molecular weight excluding hydrogens is 311 g/mol. The van der Waals surface area contributed by atoms with E-state index in [1.54, 1.807) is 43.3 Å². The summed E-state index contributed by atoms with van der Waals surface area (Å²) in [6.45, 7) is 2.04. The fraction of sp³-hybridized carbons (Fsp3) is 0.133. The molecule has 2 aromatic rings. The van der Waals surface area contributed by atoms with Gasteiger partial charge in [-0.05, 0) is 37.3 Å². The Kier molecular flexibility index (Phi) is 4.94. The number of nitrogens with two attached hydrogens (primary N) is 1. The molecule has 0 unspecified atom stereocenters. The highest BCUT2D eigenvalue weighted by Gasteiger charge is 2.13. The Morgan fingerprint density at radius 3 is 2.67 bits per heavy atom. The summed E-state index contributed by atoms with van der Waals surface area (Å²) in [7, 11) is 0. The Morgan fingerprint density at radius 1 is 1.24 bits per heavy atom. The quantitative estimate of drug-likeness (QED) is 0.642. The molecule has 0 atom stereocenters. The van der Waals surface area contributed by atoms with Crippen LogP contribution >= 0.6 is 23.2 Å². The zero-order chi connectivity index (χ0) is 15.4. The first kappa shape index (κ1) is 15.5. The molecule has 0 saturated carbocycles. The van der Waals surface area contributed by atoms with Gasteiger partial charge in [-0.15, -0.1) is 0 Å². The molecule has 0 aromatic heterocycles. The van der Waals surface area contributed by atoms with Gasteiger partial charge in [0.1, 0.15) is 0 Å². The van der Waals surface area contributed by atoms with E-state index < -0.39 is 5.97 Å². The van der Waals surface area contributed by atoms with Crippen LogP contribution < -0.4 is 11.1 Å². The van der Waals surface area contributed by atoms with Gasteiger partial charge in [0.25, 0.3) is 0 Å².